The quantitative estimate of drug-likeness (QED) is 0.755. The maximum absolute atomic E-state index is 13.0. The topological polar surface area (TPSA) is 38.9 Å². The zero-order chi connectivity index (χ0) is 10.8. The van der Waals surface area contributed by atoms with Gasteiger partial charge in [-0.15, -0.1) is 0 Å². The summed E-state index contributed by atoms with van der Waals surface area (Å²) < 4.78 is 17.9. The minimum absolute atomic E-state index is 0.244. The molecule has 0 bridgehead atoms. The third-order valence-corrected chi connectivity index (χ3v) is 2.03. The molecule has 0 atom stereocenters. The van der Waals surface area contributed by atoms with Gasteiger partial charge in [0.15, 0.2) is 0 Å². The number of aromatic nitrogens is 2. The molecular weight excluding hydrogens is 195 g/mol. The molecule has 0 spiro atoms. The van der Waals surface area contributed by atoms with Crippen LogP contribution in [0.4, 0.5) is 4.39 Å². The van der Waals surface area contributed by atoms with Gasteiger partial charge in [0.2, 0.25) is 11.7 Å². The van der Waals surface area contributed by atoms with E-state index in [1.165, 1.54) is 12.1 Å². The third-order valence-electron chi connectivity index (χ3n) is 2.03. The molecule has 0 saturated heterocycles. The number of aryl methyl sites for hydroxylation is 1. The third kappa shape index (κ3) is 1.79. The Balaban J connectivity index is 2.44. The standard InChI is InChI=1S/C11H9FN2O/c1-3-10-13-11(14-15-10)8-4-5-9(12)7(2)6-8/h3-6H,1H2,2H3. The fourth-order valence-electron chi connectivity index (χ4n) is 1.22. The molecule has 0 radical (unpaired) electrons. The molecule has 2 rings (SSSR count). The number of halogens is 1. The maximum atomic E-state index is 13.0. The Morgan fingerprint density at radius 3 is 2.87 bits per heavy atom. The first-order valence-corrected chi connectivity index (χ1v) is 4.43. The van der Waals surface area contributed by atoms with Crippen molar-refractivity contribution in [3.8, 4) is 11.4 Å². The van der Waals surface area contributed by atoms with Crippen molar-refractivity contribution in [2.45, 2.75) is 6.92 Å². The molecule has 1 aromatic carbocycles. The molecule has 0 aliphatic heterocycles. The normalized spacial score (nSPS) is 10.3. The molecule has 0 unspecified atom stereocenters. The Labute approximate surface area is 86.2 Å². The highest BCUT2D eigenvalue weighted by Gasteiger charge is 2.07. The Bertz CT molecular complexity index is 505. The lowest BCUT2D eigenvalue weighted by Crippen LogP contribution is -1.85. The zero-order valence-electron chi connectivity index (χ0n) is 8.20. The van der Waals surface area contributed by atoms with E-state index in [9.17, 15) is 4.39 Å². The van der Waals surface area contributed by atoms with Crippen molar-refractivity contribution in [1.29, 1.82) is 0 Å². The van der Waals surface area contributed by atoms with E-state index in [0.29, 0.717) is 17.3 Å². The summed E-state index contributed by atoms with van der Waals surface area (Å²) in [6.45, 7) is 5.20. The Morgan fingerprint density at radius 1 is 1.47 bits per heavy atom. The van der Waals surface area contributed by atoms with Crippen LogP contribution in [-0.2, 0) is 0 Å². The molecular formula is C11H9FN2O. The SMILES string of the molecule is C=Cc1nc(-c2ccc(F)c(C)c2)no1. The van der Waals surface area contributed by atoms with Crippen LogP contribution in [0.5, 0.6) is 0 Å². The predicted molar refractivity (Wildman–Crippen MR) is 54.5 cm³/mol. The highest BCUT2D eigenvalue weighted by molar-refractivity contribution is 5.56. The fraction of sp³-hybridized carbons (Fsp3) is 0.0909. The summed E-state index contributed by atoms with van der Waals surface area (Å²) in [4.78, 5) is 4.05. The lowest BCUT2D eigenvalue weighted by atomic mass is 10.1. The van der Waals surface area contributed by atoms with Crippen LogP contribution in [0.2, 0.25) is 0 Å². The van der Waals surface area contributed by atoms with Gasteiger partial charge in [-0.2, -0.15) is 4.98 Å². The van der Waals surface area contributed by atoms with E-state index >= 15 is 0 Å². The van der Waals surface area contributed by atoms with Gasteiger partial charge in [0, 0.05) is 5.56 Å². The van der Waals surface area contributed by atoms with Crippen molar-refractivity contribution in [3.63, 3.8) is 0 Å². The van der Waals surface area contributed by atoms with E-state index < -0.39 is 0 Å². The van der Waals surface area contributed by atoms with Gasteiger partial charge < -0.3 is 4.52 Å². The predicted octanol–water partition coefficient (Wildman–Crippen LogP) is 2.83. The molecule has 2 aromatic rings. The van der Waals surface area contributed by atoms with Crippen LogP contribution in [0.15, 0.2) is 29.3 Å². The van der Waals surface area contributed by atoms with Crippen LogP contribution in [-0.4, -0.2) is 10.1 Å². The molecule has 0 aliphatic carbocycles. The van der Waals surface area contributed by atoms with E-state index in [0.717, 1.165) is 5.56 Å². The molecule has 1 heterocycles. The highest BCUT2D eigenvalue weighted by Crippen LogP contribution is 2.19. The molecule has 76 valence electrons. The summed E-state index contributed by atoms with van der Waals surface area (Å²) in [7, 11) is 0. The van der Waals surface area contributed by atoms with Gasteiger partial charge in [0.25, 0.3) is 0 Å². The van der Waals surface area contributed by atoms with E-state index in [2.05, 4.69) is 16.7 Å². The van der Waals surface area contributed by atoms with Crippen molar-refractivity contribution >= 4 is 6.08 Å². The van der Waals surface area contributed by atoms with Crippen LogP contribution < -0.4 is 0 Å². The molecule has 0 aliphatic rings. The second-order valence-electron chi connectivity index (χ2n) is 3.12. The summed E-state index contributed by atoms with van der Waals surface area (Å²) >= 11 is 0. The number of hydrogen-bond acceptors (Lipinski definition) is 3. The molecule has 0 amide bonds. The van der Waals surface area contributed by atoms with Crippen molar-refractivity contribution in [2.75, 3.05) is 0 Å². The van der Waals surface area contributed by atoms with E-state index in [4.69, 9.17) is 4.52 Å². The van der Waals surface area contributed by atoms with Gasteiger partial charge in [-0.25, -0.2) is 4.39 Å². The highest BCUT2D eigenvalue weighted by atomic mass is 19.1. The molecule has 1 aromatic heterocycles. The lowest BCUT2D eigenvalue weighted by Gasteiger charge is -1.97. The molecule has 0 fully saturated rings. The second-order valence-corrected chi connectivity index (χ2v) is 3.12. The summed E-state index contributed by atoms with van der Waals surface area (Å²) in [6.07, 6.45) is 1.47. The second kappa shape index (κ2) is 3.65. The minimum Gasteiger partial charge on any atom is -0.334 e. The summed E-state index contributed by atoms with van der Waals surface area (Å²) in [5.74, 6) is 0.547. The number of nitrogens with zero attached hydrogens (tertiary/aromatic N) is 2. The largest absolute Gasteiger partial charge is 0.334 e. The molecule has 4 heteroatoms. The van der Waals surface area contributed by atoms with Gasteiger partial charge >= 0.3 is 0 Å². The van der Waals surface area contributed by atoms with E-state index in [1.807, 2.05) is 0 Å². The molecule has 3 nitrogen and oxygen atoms in total. The molecule has 0 N–H and O–H groups in total. The fourth-order valence-corrected chi connectivity index (χ4v) is 1.22. The van der Waals surface area contributed by atoms with Gasteiger partial charge in [0.1, 0.15) is 5.82 Å². The van der Waals surface area contributed by atoms with Crippen molar-refractivity contribution in [1.82, 2.24) is 10.1 Å². The smallest absolute Gasteiger partial charge is 0.250 e. The van der Waals surface area contributed by atoms with Crippen LogP contribution in [0.3, 0.4) is 0 Å². The molecule has 0 saturated carbocycles. The minimum atomic E-state index is -0.244. The lowest BCUT2D eigenvalue weighted by molar-refractivity contribution is 0.411. The number of hydrogen-bond donors (Lipinski definition) is 0. The number of rotatable bonds is 2. The summed E-state index contributed by atoms with van der Waals surface area (Å²) in [6, 6.07) is 4.67. The average molecular weight is 204 g/mol. The van der Waals surface area contributed by atoms with Crippen molar-refractivity contribution in [2.24, 2.45) is 0 Å². The monoisotopic (exact) mass is 204 g/mol. The van der Waals surface area contributed by atoms with Gasteiger partial charge in [-0.3, -0.25) is 0 Å². The summed E-state index contributed by atoms with van der Waals surface area (Å²) in [5, 5.41) is 3.75. The van der Waals surface area contributed by atoms with Crippen molar-refractivity contribution in [3.05, 3.63) is 42.0 Å². The van der Waals surface area contributed by atoms with Gasteiger partial charge in [-0.1, -0.05) is 11.7 Å². The van der Waals surface area contributed by atoms with Crippen LogP contribution in [0.25, 0.3) is 17.5 Å². The average Bonchev–Trinajstić information content (AvgIpc) is 2.70. The Hall–Kier alpha value is -1.97. The maximum Gasteiger partial charge on any atom is 0.250 e. The summed E-state index contributed by atoms with van der Waals surface area (Å²) in [5.41, 5.74) is 1.28. The first kappa shape index (κ1) is 9.58. The Kier molecular flexibility index (Phi) is 2.33. The van der Waals surface area contributed by atoms with E-state index in [-0.39, 0.29) is 5.82 Å². The zero-order valence-corrected chi connectivity index (χ0v) is 8.20. The number of benzene rings is 1. The van der Waals surface area contributed by atoms with E-state index in [1.54, 1.807) is 19.1 Å². The van der Waals surface area contributed by atoms with Gasteiger partial charge in [-0.05, 0) is 36.8 Å². The Morgan fingerprint density at radius 2 is 2.27 bits per heavy atom. The van der Waals surface area contributed by atoms with Gasteiger partial charge in [0.05, 0.1) is 0 Å². The molecule has 15 heavy (non-hydrogen) atoms. The van der Waals surface area contributed by atoms with Crippen molar-refractivity contribution < 1.29 is 8.91 Å². The van der Waals surface area contributed by atoms with Crippen LogP contribution in [0.1, 0.15) is 11.5 Å². The van der Waals surface area contributed by atoms with Crippen LogP contribution >= 0.6 is 0 Å². The first-order valence-electron chi connectivity index (χ1n) is 4.43. The van der Waals surface area contributed by atoms with Crippen LogP contribution in [0, 0.1) is 12.7 Å². The first-order chi connectivity index (χ1) is 7.20.